The number of rotatable bonds is 13. The van der Waals surface area contributed by atoms with Gasteiger partial charge in [0.1, 0.15) is 0 Å². The molecule has 0 spiro atoms. The van der Waals surface area contributed by atoms with Crippen LogP contribution in [0.3, 0.4) is 0 Å². The zero-order chi connectivity index (χ0) is 23.2. The van der Waals surface area contributed by atoms with Crippen molar-refractivity contribution in [2.45, 2.75) is 86.1 Å². The van der Waals surface area contributed by atoms with Crippen LogP contribution in [-0.2, 0) is 4.79 Å². The Hall–Kier alpha value is -1.87. The molecule has 0 aromatic rings. The fourth-order valence-electron chi connectivity index (χ4n) is 3.87. The second kappa shape index (κ2) is 15.0. The van der Waals surface area contributed by atoms with E-state index in [1.807, 2.05) is 0 Å². The number of carbonyl (C=O) groups is 1. The van der Waals surface area contributed by atoms with Crippen molar-refractivity contribution in [3.63, 3.8) is 0 Å². The standard InChI is InChI=1S/C28H46N2O/c1-8-30-21-20-29(22-28(30)27(7)31)19-18-26(6)17-11-16-25(5)15-10-14-24(4)13-9-12-23(2)3/h8,12,14,16,18,28H,1,9-11,13,15,17,19-22H2,2-7H3. The molecule has 0 aliphatic carbocycles. The van der Waals surface area contributed by atoms with E-state index < -0.39 is 0 Å². The molecule has 0 aromatic heterocycles. The van der Waals surface area contributed by atoms with Crippen LogP contribution >= 0.6 is 0 Å². The van der Waals surface area contributed by atoms with Gasteiger partial charge < -0.3 is 4.90 Å². The first-order valence-electron chi connectivity index (χ1n) is 11.9. The van der Waals surface area contributed by atoms with Gasteiger partial charge in [0.05, 0.1) is 6.04 Å². The van der Waals surface area contributed by atoms with Crippen molar-refractivity contribution in [1.29, 1.82) is 0 Å². The molecular formula is C28H46N2O. The SMILES string of the molecule is C=CN1CCN(CC=C(C)CCC=C(C)CCC=C(C)CCC=C(C)C)CC1C(C)=O. The number of ketones is 1. The van der Waals surface area contributed by atoms with Gasteiger partial charge in [0, 0.05) is 26.2 Å². The van der Waals surface area contributed by atoms with Crippen molar-refractivity contribution in [3.8, 4) is 0 Å². The average Bonchev–Trinajstić information content (AvgIpc) is 2.71. The molecule has 1 unspecified atom stereocenters. The lowest BCUT2D eigenvalue weighted by Crippen LogP contribution is -2.53. The molecule has 1 rings (SSSR count). The lowest BCUT2D eigenvalue weighted by Gasteiger charge is -2.39. The third-order valence-electron chi connectivity index (χ3n) is 6.06. The monoisotopic (exact) mass is 426 g/mol. The van der Waals surface area contributed by atoms with E-state index in [1.165, 1.54) is 28.7 Å². The highest BCUT2D eigenvalue weighted by molar-refractivity contribution is 5.82. The Morgan fingerprint density at radius 2 is 1.32 bits per heavy atom. The zero-order valence-electron chi connectivity index (χ0n) is 21.0. The van der Waals surface area contributed by atoms with Crippen molar-refractivity contribution < 1.29 is 4.79 Å². The molecule has 1 fully saturated rings. The normalized spacial score (nSPS) is 18.8. The van der Waals surface area contributed by atoms with Crippen molar-refractivity contribution in [2.75, 3.05) is 26.2 Å². The van der Waals surface area contributed by atoms with Gasteiger partial charge in [-0.05, 0) is 86.3 Å². The van der Waals surface area contributed by atoms with Crippen LogP contribution in [0.15, 0.2) is 59.4 Å². The van der Waals surface area contributed by atoms with E-state index in [-0.39, 0.29) is 11.8 Å². The first-order chi connectivity index (χ1) is 14.7. The zero-order valence-corrected chi connectivity index (χ0v) is 21.0. The van der Waals surface area contributed by atoms with Crippen LogP contribution in [0.2, 0.25) is 0 Å². The Kier molecular flexibility index (Phi) is 13.2. The number of hydrogen-bond donors (Lipinski definition) is 0. The maximum Gasteiger partial charge on any atom is 0.153 e. The van der Waals surface area contributed by atoms with Crippen LogP contribution in [0.4, 0.5) is 0 Å². The molecule has 1 aliphatic heterocycles. The Bertz CT molecular complexity index is 692. The predicted octanol–water partition coefficient (Wildman–Crippen LogP) is 6.85. The van der Waals surface area contributed by atoms with Crippen molar-refractivity contribution in [2.24, 2.45) is 0 Å². The highest BCUT2D eigenvalue weighted by Gasteiger charge is 2.27. The lowest BCUT2D eigenvalue weighted by molar-refractivity contribution is -0.123. The molecule has 0 bridgehead atoms. The van der Waals surface area contributed by atoms with E-state index in [2.05, 4.69) is 75.3 Å². The fourth-order valence-corrected chi connectivity index (χ4v) is 3.87. The van der Waals surface area contributed by atoms with Crippen LogP contribution in [0, 0.1) is 0 Å². The summed E-state index contributed by atoms with van der Waals surface area (Å²) in [5.41, 5.74) is 5.84. The van der Waals surface area contributed by atoms with E-state index in [1.54, 1.807) is 13.1 Å². The van der Waals surface area contributed by atoms with Crippen LogP contribution < -0.4 is 0 Å². The van der Waals surface area contributed by atoms with E-state index in [0.717, 1.165) is 58.3 Å². The molecule has 0 aromatic carbocycles. The minimum absolute atomic E-state index is 0.0459. The van der Waals surface area contributed by atoms with Gasteiger partial charge in [-0.3, -0.25) is 9.69 Å². The van der Waals surface area contributed by atoms with Gasteiger partial charge in [0.25, 0.3) is 0 Å². The number of hydrogen-bond acceptors (Lipinski definition) is 3. The first kappa shape index (κ1) is 27.2. The van der Waals surface area contributed by atoms with E-state index >= 15 is 0 Å². The molecular weight excluding hydrogens is 380 g/mol. The van der Waals surface area contributed by atoms with Crippen LogP contribution in [0.5, 0.6) is 0 Å². The topological polar surface area (TPSA) is 23.6 Å². The molecule has 1 saturated heterocycles. The molecule has 3 nitrogen and oxygen atoms in total. The summed E-state index contributed by atoms with van der Waals surface area (Å²) in [7, 11) is 0. The number of nitrogens with zero attached hydrogens (tertiary/aromatic N) is 2. The number of piperazine rings is 1. The number of carbonyl (C=O) groups excluding carboxylic acids is 1. The number of allylic oxidation sites excluding steroid dienone is 7. The van der Waals surface area contributed by atoms with Gasteiger partial charge in [0.2, 0.25) is 0 Å². The summed E-state index contributed by atoms with van der Waals surface area (Å²) in [6.07, 6.45) is 18.1. The summed E-state index contributed by atoms with van der Waals surface area (Å²) in [6.45, 7) is 20.2. The van der Waals surface area contributed by atoms with Gasteiger partial charge >= 0.3 is 0 Å². The summed E-state index contributed by atoms with van der Waals surface area (Å²) in [6, 6.07) is -0.0459. The molecule has 0 N–H and O–H groups in total. The van der Waals surface area contributed by atoms with E-state index in [0.29, 0.717) is 0 Å². The molecule has 1 aliphatic rings. The van der Waals surface area contributed by atoms with Gasteiger partial charge in [-0.2, -0.15) is 0 Å². The summed E-state index contributed by atoms with van der Waals surface area (Å²) < 4.78 is 0. The van der Waals surface area contributed by atoms with Gasteiger partial charge in [-0.1, -0.05) is 53.2 Å². The van der Waals surface area contributed by atoms with Gasteiger partial charge in [-0.15, -0.1) is 0 Å². The van der Waals surface area contributed by atoms with Crippen molar-refractivity contribution in [1.82, 2.24) is 9.80 Å². The molecule has 0 radical (unpaired) electrons. The van der Waals surface area contributed by atoms with E-state index in [4.69, 9.17) is 0 Å². The second-order valence-electron chi connectivity index (χ2n) is 9.36. The van der Waals surface area contributed by atoms with Crippen molar-refractivity contribution >= 4 is 5.78 Å². The fraction of sp³-hybridized carbons (Fsp3) is 0.607. The quantitative estimate of drug-likeness (QED) is 0.301. The Balaban J connectivity index is 2.33. The van der Waals surface area contributed by atoms with Crippen molar-refractivity contribution in [3.05, 3.63) is 59.4 Å². The second-order valence-corrected chi connectivity index (χ2v) is 9.36. The molecule has 1 atom stereocenters. The van der Waals surface area contributed by atoms with Crippen LogP contribution in [0.25, 0.3) is 0 Å². The van der Waals surface area contributed by atoms with E-state index in [9.17, 15) is 4.79 Å². The third kappa shape index (κ3) is 11.9. The number of Topliss-reactive ketones (excluding diaryl/α,β-unsaturated/α-hetero) is 1. The third-order valence-corrected chi connectivity index (χ3v) is 6.06. The highest BCUT2D eigenvalue weighted by Crippen LogP contribution is 2.15. The minimum atomic E-state index is -0.0459. The molecule has 3 heteroatoms. The average molecular weight is 427 g/mol. The Labute approximate surface area is 192 Å². The minimum Gasteiger partial charge on any atom is -0.365 e. The van der Waals surface area contributed by atoms with Gasteiger partial charge in [-0.25, -0.2) is 0 Å². The molecule has 1 heterocycles. The predicted molar refractivity (Wildman–Crippen MR) is 136 cm³/mol. The summed E-state index contributed by atoms with van der Waals surface area (Å²) in [5.74, 6) is 0.226. The van der Waals surface area contributed by atoms with Gasteiger partial charge in [0.15, 0.2) is 5.78 Å². The maximum atomic E-state index is 11.9. The molecule has 174 valence electrons. The largest absolute Gasteiger partial charge is 0.365 e. The Morgan fingerprint density at radius 1 is 0.806 bits per heavy atom. The summed E-state index contributed by atoms with van der Waals surface area (Å²) in [5, 5.41) is 0. The molecule has 0 amide bonds. The van der Waals surface area contributed by atoms with Crippen LogP contribution in [-0.4, -0.2) is 47.8 Å². The highest BCUT2D eigenvalue weighted by atomic mass is 16.1. The summed E-state index contributed by atoms with van der Waals surface area (Å²) >= 11 is 0. The lowest BCUT2D eigenvalue weighted by atomic mass is 10.0. The molecule has 0 saturated carbocycles. The summed E-state index contributed by atoms with van der Waals surface area (Å²) in [4.78, 5) is 16.3. The first-order valence-corrected chi connectivity index (χ1v) is 11.9. The van der Waals surface area contributed by atoms with Crippen LogP contribution in [0.1, 0.15) is 80.1 Å². The molecule has 31 heavy (non-hydrogen) atoms. The smallest absolute Gasteiger partial charge is 0.153 e. The maximum absolute atomic E-state index is 11.9. The Morgan fingerprint density at radius 3 is 1.81 bits per heavy atom.